The molecule has 0 spiro atoms. The first-order valence-electron chi connectivity index (χ1n) is 8.44. The first-order valence-corrected chi connectivity index (χ1v) is 11.2. The molecule has 3 heterocycles. The number of rotatable bonds is 8. The van der Waals surface area contributed by atoms with Crippen LogP contribution in [-0.4, -0.2) is 33.5 Å². The van der Waals surface area contributed by atoms with Gasteiger partial charge in [-0.1, -0.05) is 48.2 Å². The summed E-state index contributed by atoms with van der Waals surface area (Å²) in [6.07, 6.45) is 0. The van der Waals surface area contributed by atoms with Crippen molar-refractivity contribution < 1.29 is 4.74 Å². The minimum absolute atomic E-state index is 0.616. The van der Waals surface area contributed by atoms with Gasteiger partial charge in [-0.3, -0.25) is 4.57 Å². The Bertz CT molecular complexity index is 980. The Morgan fingerprint density at radius 3 is 2.74 bits per heavy atom. The van der Waals surface area contributed by atoms with Gasteiger partial charge in [0.15, 0.2) is 11.0 Å². The fraction of sp³-hybridized carbons (Fsp3) is 0.211. The second-order valence-corrected chi connectivity index (χ2v) is 8.47. The number of ether oxygens (including phenoxy) is 1. The highest BCUT2D eigenvalue weighted by molar-refractivity contribution is 7.98. The molecule has 0 fully saturated rings. The van der Waals surface area contributed by atoms with Crippen molar-refractivity contribution in [2.45, 2.75) is 17.5 Å². The molecule has 0 amide bonds. The molecular formula is C19H18N4OS3. The van der Waals surface area contributed by atoms with E-state index < -0.39 is 0 Å². The highest BCUT2D eigenvalue weighted by Gasteiger charge is 2.15. The van der Waals surface area contributed by atoms with Gasteiger partial charge in [-0.15, -0.1) is 32.9 Å². The quantitative estimate of drug-likeness (QED) is 0.377. The number of thiophene rings is 1. The van der Waals surface area contributed by atoms with Crippen molar-refractivity contribution in [2.24, 2.45) is 0 Å². The molecule has 0 saturated heterocycles. The number of nitrogens with zero attached hydrogens (tertiary/aromatic N) is 4. The Hall–Kier alpha value is -2.00. The molecule has 0 aliphatic rings. The lowest BCUT2D eigenvalue weighted by Gasteiger charge is -2.09. The highest BCUT2D eigenvalue weighted by atomic mass is 32.2. The standard InChI is InChI=1S/C19H18N4OS3/c1-24-10-9-23-17(14-6-3-2-4-7-14)21-22-19(23)27-13-15-12-26-18(20-15)16-8-5-11-25-16/h2-8,11-12H,9-10,13H2,1H3. The van der Waals surface area contributed by atoms with E-state index in [1.54, 1.807) is 41.5 Å². The van der Waals surface area contributed by atoms with Crippen LogP contribution in [0.25, 0.3) is 21.3 Å². The Balaban J connectivity index is 1.52. The molecule has 3 aromatic heterocycles. The van der Waals surface area contributed by atoms with Gasteiger partial charge in [0.05, 0.1) is 23.7 Å². The maximum atomic E-state index is 5.27. The molecular weight excluding hydrogens is 396 g/mol. The number of aromatic nitrogens is 4. The summed E-state index contributed by atoms with van der Waals surface area (Å²) in [5, 5.41) is 15.0. The van der Waals surface area contributed by atoms with Gasteiger partial charge < -0.3 is 4.74 Å². The highest BCUT2D eigenvalue weighted by Crippen LogP contribution is 2.31. The fourth-order valence-electron chi connectivity index (χ4n) is 2.61. The van der Waals surface area contributed by atoms with Crippen molar-refractivity contribution in [3.05, 3.63) is 58.9 Å². The van der Waals surface area contributed by atoms with Gasteiger partial charge in [-0.05, 0) is 11.4 Å². The van der Waals surface area contributed by atoms with Gasteiger partial charge in [-0.25, -0.2) is 4.98 Å². The van der Waals surface area contributed by atoms with Gasteiger partial charge in [0, 0.05) is 23.8 Å². The van der Waals surface area contributed by atoms with Gasteiger partial charge >= 0.3 is 0 Å². The van der Waals surface area contributed by atoms with Crippen LogP contribution in [0.15, 0.2) is 58.4 Å². The van der Waals surface area contributed by atoms with Crippen molar-refractivity contribution in [2.75, 3.05) is 13.7 Å². The number of methoxy groups -OCH3 is 1. The lowest BCUT2D eigenvalue weighted by molar-refractivity contribution is 0.185. The summed E-state index contributed by atoms with van der Waals surface area (Å²) < 4.78 is 7.39. The molecule has 8 heteroatoms. The third-order valence-corrected chi connectivity index (χ3v) is 6.83. The molecule has 0 radical (unpaired) electrons. The predicted octanol–water partition coefficient (Wildman–Crippen LogP) is 5.07. The van der Waals surface area contributed by atoms with Crippen LogP contribution >= 0.6 is 34.4 Å². The van der Waals surface area contributed by atoms with Crippen molar-refractivity contribution >= 4 is 34.4 Å². The first-order chi connectivity index (χ1) is 13.3. The van der Waals surface area contributed by atoms with Gasteiger partial charge in [0.1, 0.15) is 5.01 Å². The molecule has 0 atom stereocenters. The van der Waals surface area contributed by atoms with E-state index in [-0.39, 0.29) is 0 Å². The van der Waals surface area contributed by atoms with Crippen LogP contribution in [0, 0.1) is 0 Å². The van der Waals surface area contributed by atoms with E-state index in [0.29, 0.717) is 13.2 Å². The summed E-state index contributed by atoms with van der Waals surface area (Å²) in [6, 6.07) is 14.3. The fourth-order valence-corrected chi connectivity index (χ4v) is 5.20. The SMILES string of the molecule is COCCn1c(SCc2csc(-c3cccs3)n2)nnc1-c1ccccc1. The van der Waals surface area contributed by atoms with Crippen LogP contribution in [-0.2, 0) is 17.0 Å². The second kappa shape index (κ2) is 8.79. The Kier molecular flexibility index (Phi) is 5.98. The number of thiazole rings is 1. The normalized spacial score (nSPS) is 11.1. The smallest absolute Gasteiger partial charge is 0.191 e. The first kappa shape index (κ1) is 18.4. The maximum Gasteiger partial charge on any atom is 0.191 e. The zero-order valence-corrected chi connectivity index (χ0v) is 17.2. The molecule has 0 bridgehead atoms. The van der Waals surface area contributed by atoms with Crippen molar-refractivity contribution in [3.8, 4) is 21.3 Å². The van der Waals surface area contributed by atoms with E-state index in [0.717, 1.165) is 33.0 Å². The molecule has 0 aliphatic heterocycles. The number of hydrogen-bond donors (Lipinski definition) is 0. The van der Waals surface area contributed by atoms with E-state index in [1.807, 2.05) is 18.2 Å². The molecule has 0 saturated carbocycles. The Morgan fingerprint density at radius 1 is 1.07 bits per heavy atom. The average Bonchev–Trinajstić information content (AvgIpc) is 3.45. The number of hydrogen-bond acceptors (Lipinski definition) is 7. The largest absolute Gasteiger partial charge is 0.383 e. The van der Waals surface area contributed by atoms with E-state index in [2.05, 4.69) is 49.8 Å². The summed E-state index contributed by atoms with van der Waals surface area (Å²) in [7, 11) is 1.71. The maximum absolute atomic E-state index is 5.27. The van der Waals surface area contributed by atoms with Crippen LogP contribution < -0.4 is 0 Å². The molecule has 27 heavy (non-hydrogen) atoms. The van der Waals surface area contributed by atoms with Gasteiger partial charge in [0.2, 0.25) is 0 Å². The summed E-state index contributed by atoms with van der Waals surface area (Å²) >= 11 is 5.06. The summed E-state index contributed by atoms with van der Waals surface area (Å²) in [4.78, 5) is 5.96. The van der Waals surface area contributed by atoms with Crippen molar-refractivity contribution in [1.29, 1.82) is 0 Å². The third-order valence-electron chi connectivity index (χ3n) is 3.90. The summed E-state index contributed by atoms with van der Waals surface area (Å²) in [5.74, 6) is 1.63. The lowest BCUT2D eigenvalue weighted by atomic mass is 10.2. The van der Waals surface area contributed by atoms with E-state index in [9.17, 15) is 0 Å². The second-order valence-electron chi connectivity index (χ2n) is 5.73. The Morgan fingerprint density at radius 2 is 1.96 bits per heavy atom. The van der Waals surface area contributed by atoms with Crippen molar-refractivity contribution in [1.82, 2.24) is 19.7 Å². The van der Waals surface area contributed by atoms with E-state index in [4.69, 9.17) is 9.72 Å². The van der Waals surface area contributed by atoms with Crippen LogP contribution in [0.5, 0.6) is 0 Å². The third kappa shape index (κ3) is 4.30. The molecule has 4 rings (SSSR count). The van der Waals surface area contributed by atoms with Crippen LogP contribution in [0.1, 0.15) is 5.69 Å². The van der Waals surface area contributed by atoms with Crippen LogP contribution in [0.3, 0.4) is 0 Å². The molecule has 0 unspecified atom stereocenters. The van der Waals surface area contributed by atoms with Crippen molar-refractivity contribution in [3.63, 3.8) is 0 Å². The van der Waals surface area contributed by atoms with E-state index in [1.165, 1.54) is 4.88 Å². The van der Waals surface area contributed by atoms with Gasteiger partial charge in [0.25, 0.3) is 0 Å². The summed E-state index contributed by atoms with van der Waals surface area (Å²) in [5.41, 5.74) is 2.12. The van der Waals surface area contributed by atoms with Crippen LogP contribution in [0.4, 0.5) is 0 Å². The lowest BCUT2D eigenvalue weighted by Crippen LogP contribution is -2.07. The molecule has 0 N–H and O–H groups in total. The average molecular weight is 415 g/mol. The Labute approximate surface area is 170 Å². The number of thioether (sulfide) groups is 1. The van der Waals surface area contributed by atoms with Crippen LogP contribution in [0.2, 0.25) is 0 Å². The predicted molar refractivity (Wildman–Crippen MR) is 112 cm³/mol. The van der Waals surface area contributed by atoms with Gasteiger partial charge in [-0.2, -0.15) is 0 Å². The molecule has 0 aliphatic carbocycles. The molecule has 1 aromatic carbocycles. The molecule has 138 valence electrons. The zero-order valence-electron chi connectivity index (χ0n) is 14.7. The summed E-state index contributed by atoms with van der Waals surface area (Å²) in [6.45, 7) is 1.33. The molecule has 4 aromatic rings. The monoisotopic (exact) mass is 414 g/mol. The topological polar surface area (TPSA) is 52.8 Å². The number of benzene rings is 1. The minimum Gasteiger partial charge on any atom is -0.383 e. The van der Waals surface area contributed by atoms with E-state index >= 15 is 0 Å². The minimum atomic E-state index is 0.616. The zero-order chi connectivity index (χ0) is 18.5. The molecule has 5 nitrogen and oxygen atoms in total.